The Labute approximate surface area is 209 Å². The first-order valence-electron chi connectivity index (χ1n) is 11.5. The average Bonchev–Trinajstić information content (AvgIpc) is 3.19. The van der Waals surface area contributed by atoms with E-state index in [1.807, 2.05) is 68.7 Å². The number of pyridine rings is 2. The lowest BCUT2D eigenvalue weighted by Crippen LogP contribution is -2.01. The topological polar surface area (TPSA) is 65.0 Å². The number of hydrogen-bond acceptors (Lipinski definition) is 5. The SMILES string of the molecule is CCOc1ccc(-c2ccc(Cn3[nH]c(=S)c4cc(OCc5ccc(C)cn5)ccc43)cc2)cn1. The third-order valence-electron chi connectivity index (χ3n) is 5.76. The van der Waals surface area contributed by atoms with E-state index in [0.717, 1.165) is 39.0 Å². The van der Waals surface area contributed by atoms with Gasteiger partial charge in [-0.3, -0.25) is 14.8 Å². The van der Waals surface area contributed by atoms with Crippen molar-refractivity contribution in [3.05, 3.63) is 101 Å². The molecule has 0 atom stereocenters. The molecular weight excluding hydrogens is 456 g/mol. The smallest absolute Gasteiger partial charge is 0.213 e. The molecule has 0 radical (unpaired) electrons. The molecule has 0 aliphatic rings. The van der Waals surface area contributed by atoms with Gasteiger partial charge in [0.05, 0.1) is 24.4 Å². The van der Waals surface area contributed by atoms with Gasteiger partial charge in [0.1, 0.15) is 17.0 Å². The minimum Gasteiger partial charge on any atom is -0.487 e. The first-order chi connectivity index (χ1) is 17.1. The normalized spacial score (nSPS) is 11.0. The Bertz CT molecular complexity index is 1490. The lowest BCUT2D eigenvalue weighted by Gasteiger charge is -2.09. The molecule has 0 aliphatic carbocycles. The largest absolute Gasteiger partial charge is 0.487 e. The van der Waals surface area contributed by atoms with Crippen LogP contribution in [0.4, 0.5) is 0 Å². The summed E-state index contributed by atoms with van der Waals surface area (Å²) in [5.74, 6) is 1.41. The molecule has 1 N–H and O–H groups in total. The molecule has 3 heterocycles. The second-order valence-corrected chi connectivity index (χ2v) is 8.74. The van der Waals surface area contributed by atoms with Crippen molar-refractivity contribution < 1.29 is 9.47 Å². The van der Waals surface area contributed by atoms with Gasteiger partial charge >= 0.3 is 0 Å². The third kappa shape index (κ3) is 5.25. The van der Waals surface area contributed by atoms with E-state index in [-0.39, 0.29) is 0 Å². The van der Waals surface area contributed by atoms with Crippen molar-refractivity contribution in [3.63, 3.8) is 0 Å². The number of hydrogen-bond donors (Lipinski definition) is 1. The molecule has 176 valence electrons. The first kappa shape index (κ1) is 22.8. The van der Waals surface area contributed by atoms with Gasteiger partial charge in [0.25, 0.3) is 0 Å². The molecule has 0 amide bonds. The molecule has 0 bridgehead atoms. The number of aromatic amines is 1. The van der Waals surface area contributed by atoms with E-state index < -0.39 is 0 Å². The van der Waals surface area contributed by atoms with Crippen molar-refractivity contribution >= 4 is 23.1 Å². The van der Waals surface area contributed by atoms with Crippen LogP contribution >= 0.6 is 12.2 Å². The summed E-state index contributed by atoms with van der Waals surface area (Å²) in [7, 11) is 0. The highest BCUT2D eigenvalue weighted by molar-refractivity contribution is 7.71. The van der Waals surface area contributed by atoms with Gasteiger partial charge in [0.15, 0.2) is 0 Å². The fourth-order valence-corrected chi connectivity index (χ4v) is 4.17. The van der Waals surface area contributed by atoms with E-state index in [0.29, 0.717) is 30.3 Å². The van der Waals surface area contributed by atoms with E-state index in [1.54, 1.807) is 0 Å². The van der Waals surface area contributed by atoms with E-state index in [1.165, 1.54) is 5.56 Å². The number of benzene rings is 2. The molecule has 3 aromatic heterocycles. The summed E-state index contributed by atoms with van der Waals surface area (Å²) >= 11 is 5.59. The van der Waals surface area contributed by atoms with Crippen LogP contribution in [0, 0.1) is 11.6 Å². The fourth-order valence-electron chi connectivity index (χ4n) is 3.90. The molecule has 0 saturated heterocycles. The number of fused-ring (bicyclic) bond motifs is 1. The Hall–Kier alpha value is -3.97. The predicted molar refractivity (Wildman–Crippen MR) is 140 cm³/mol. The Morgan fingerprint density at radius 3 is 2.43 bits per heavy atom. The van der Waals surface area contributed by atoms with Crippen LogP contribution in [-0.2, 0) is 13.2 Å². The van der Waals surface area contributed by atoms with Crippen molar-refractivity contribution in [1.82, 2.24) is 19.7 Å². The van der Waals surface area contributed by atoms with Crippen LogP contribution in [-0.4, -0.2) is 26.4 Å². The van der Waals surface area contributed by atoms with Crippen LogP contribution in [0.3, 0.4) is 0 Å². The molecule has 35 heavy (non-hydrogen) atoms. The Kier molecular flexibility index (Phi) is 6.59. The zero-order valence-corrected chi connectivity index (χ0v) is 20.5. The molecular formula is C28H26N4O2S. The van der Waals surface area contributed by atoms with E-state index in [2.05, 4.69) is 44.0 Å². The minimum atomic E-state index is 0.416. The standard InChI is InChI=1S/C28H26N4O2S/c1-3-33-27-13-9-22(16-30-27)21-7-5-20(6-8-21)17-32-26-12-11-24(14-25(26)28(35)31-32)34-18-23-10-4-19(2)15-29-23/h4-16H,3,17-18H2,1-2H3,(H,31,35). The Balaban J connectivity index is 1.30. The molecule has 0 saturated carbocycles. The molecule has 5 aromatic rings. The van der Waals surface area contributed by atoms with Crippen molar-refractivity contribution in [2.45, 2.75) is 27.0 Å². The summed E-state index contributed by atoms with van der Waals surface area (Å²) in [6.07, 6.45) is 3.69. The number of H-pyrrole nitrogens is 1. The maximum atomic E-state index is 5.95. The Morgan fingerprint density at radius 2 is 1.71 bits per heavy atom. The highest BCUT2D eigenvalue weighted by Gasteiger charge is 2.08. The zero-order chi connectivity index (χ0) is 24.2. The molecule has 0 spiro atoms. The zero-order valence-electron chi connectivity index (χ0n) is 19.7. The van der Waals surface area contributed by atoms with Crippen molar-refractivity contribution in [2.75, 3.05) is 6.61 Å². The van der Waals surface area contributed by atoms with Gasteiger partial charge in [-0.15, -0.1) is 0 Å². The van der Waals surface area contributed by atoms with Gasteiger partial charge in [-0.2, -0.15) is 0 Å². The monoisotopic (exact) mass is 482 g/mol. The quantitative estimate of drug-likeness (QED) is 0.256. The summed E-state index contributed by atoms with van der Waals surface area (Å²) in [4.78, 5) is 8.75. The van der Waals surface area contributed by atoms with E-state index in [4.69, 9.17) is 21.7 Å². The van der Waals surface area contributed by atoms with Crippen LogP contribution in [0.5, 0.6) is 11.6 Å². The lowest BCUT2D eigenvalue weighted by molar-refractivity contribution is 0.301. The van der Waals surface area contributed by atoms with Gasteiger partial charge in [0.2, 0.25) is 5.88 Å². The predicted octanol–water partition coefficient (Wildman–Crippen LogP) is 6.49. The molecule has 0 unspecified atom stereocenters. The van der Waals surface area contributed by atoms with E-state index >= 15 is 0 Å². The molecule has 6 nitrogen and oxygen atoms in total. The maximum Gasteiger partial charge on any atom is 0.213 e. The first-order valence-corrected chi connectivity index (χ1v) is 11.9. The second kappa shape index (κ2) is 10.1. The number of nitrogens with one attached hydrogen (secondary N) is 1. The minimum absolute atomic E-state index is 0.416. The van der Waals surface area contributed by atoms with Gasteiger partial charge in [-0.25, -0.2) is 4.98 Å². The van der Waals surface area contributed by atoms with Gasteiger partial charge < -0.3 is 9.47 Å². The third-order valence-corrected chi connectivity index (χ3v) is 6.07. The highest BCUT2D eigenvalue weighted by atomic mass is 32.1. The highest BCUT2D eigenvalue weighted by Crippen LogP contribution is 2.25. The van der Waals surface area contributed by atoms with Crippen molar-refractivity contribution in [3.8, 4) is 22.8 Å². The number of aryl methyl sites for hydroxylation is 1. The second-order valence-electron chi connectivity index (χ2n) is 8.34. The van der Waals surface area contributed by atoms with Crippen molar-refractivity contribution in [1.29, 1.82) is 0 Å². The molecule has 7 heteroatoms. The van der Waals surface area contributed by atoms with Crippen LogP contribution in [0.25, 0.3) is 22.0 Å². The summed E-state index contributed by atoms with van der Waals surface area (Å²) in [6.45, 7) is 5.68. The van der Waals surface area contributed by atoms with Gasteiger partial charge in [0, 0.05) is 29.4 Å². The maximum absolute atomic E-state index is 5.95. The van der Waals surface area contributed by atoms with Crippen LogP contribution < -0.4 is 9.47 Å². The van der Waals surface area contributed by atoms with Crippen molar-refractivity contribution in [2.24, 2.45) is 0 Å². The van der Waals surface area contributed by atoms with Gasteiger partial charge in [-0.1, -0.05) is 42.5 Å². The number of aromatic nitrogens is 4. The fraction of sp³-hybridized carbons (Fsp3) is 0.179. The van der Waals surface area contributed by atoms with Crippen LogP contribution in [0.2, 0.25) is 0 Å². The summed E-state index contributed by atoms with van der Waals surface area (Å²) < 4.78 is 14.1. The number of rotatable bonds is 8. The summed E-state index contributed by atoms with van der Waals surface area (Å²) in [5.41, 5.74) is 6.39. The summed E-state index contributed by atoms with van der Waals surface area (Å²) in [6, 6.07) is 22.4. The lowest BCUT2D eigenvalue weighted by atomic mass is 10.1. The average molecular weight is 483 g/mol. The number of ether oxygens (including phenoxy) is 2. The molecule has 0 fully saturated rings. The Morgan fingerprint density at radius 1 is 0.886 bits per heavy atom. The van der Waals surface area contributed by atoms with Gasteiger partial charge in [-0.05, 0) is 60.9 Å². The van der Waals surface area contributed by atoms with E-state index in [9.17, 15) is 0 Å². The van der Waals surface area contributed by atoms with Crippen LogP contribution in [0.1, 0.15) is 23.7 Å². The number of nitrogens with zero attached hydrogens (tertiary/aromatic N) is 3. The molecule has 0 aliphatic heterocycles. The summed E-state index contributed by atoms with van der Waals surface area (Å²) in [5, 5.41) is 4.28. The molecule has 5 rings (SSSR count). The van der Waals surface area contributed by atoms with Crippen LogP contribution in [0.15, 0.2) is 79.1 Å². The molecule has 2 aromatic carbocycles.